The van der Waals surface area contributed by atoms with Crippen LogP contribution in [0.2, 0.25) is 5.02 Å². The van der Waals surface area contributed by atoms with Gasteiger partial charge >= 0.3 is 0 Å². The summed E-state index contributed by atoms with van der Waals surface area (Å²) in [5, 5.41) is 14.3. The largest absolute Gasteiger partial charge is 0.398 e. The fourth-order valence-electron chi connectivity index (χ4n) is 1.56. The molecule has 0 aliphatic rings. The fourth-order valence-corrected chi connectivity index (χ4v) is 2.09. The molecule has 98 valence electrons. The Morgan fingerprint density at radius 2 is 2.00 bits per heavy atom. The molecule has 0 heterocycles. The highest BCUT2D eigenvalue weighted by Crippen LogP contribution is 2.31. The molecule has 0 fully saturated rings. The average molecular weight is 343 g/mol. The molecular weight excluding hydrogens is 334 g/mol. The molecule has 19 heavy (non-hydrogen) atoms. The minimum atomic E-state index is -0.496. The van der Waals surface area contributed by atoms with Gasteiger partial charge in [0.1, 0.15) is 0 Å². The van der Waals surface area contributed by atoms with Gasteiger partial charge in [-0.3, -0.25) is 10.1 Å². The maximum absolute atomic E-state index is 10.8. The van der Waals surface area contributed by atoms with Gasteiger partial charge in [0.2, 0.25) is 0 Å². The van der Waals surface area contributed by atoms with Gasteiger partial charge in [0.25, 0.3) is 5.69 Å². The number of halogens is 2. The van der Waals surface area contributed by atoms with Gasteiger partial charge in [-0.15, -0.1) is 0 Å². The van der Waals surface area contributed by atoms with Crippen LogP contribution in [-0.4, -0.2) is 4.92 Å². The van der Waals surface area contributed by atoms with Crippen LogP contribution in [0.5, 0.6) is 0 Å². The molecule has 0 aliphatic heterocycles. The van der Waals surface area contributed by atoms with Gasteiger partial charge in [-0.25, -0.2) is 0 Å². The lowest BCUT2D eigenvalue weighted by Crippen LogP contribution is -1.96. The van der Waals surface area contributed by atoms with Crippen LogP contribution in [0.4, 0.5) is 22.7 Å². The smallest absolute Gasteiger partial charge is 0.273 e. The number of nitrogen functional groups attached to an aromatic ring is 1. The van der Waals surface area contributed by atoms with E-state index in [1.807, 2.05) is 0 Å². The predicted molar refractivity (Wildman–Crippen MR) is 79.9 cm³/mol. The van der Waals surface area contributed by atoms with Crippen LogP contribution in [0.25, 0.3) is 0 Å². The van der Waals surface area contributed by atoms with Crippen molar-refractivity contribution in [1.29, 1.82) is 0 Å². The Morgan fingerprint density at radius 3 is 2.68 bits per heavy atom. The van der Waals surface area contributed by atoms with Crippen molar-refractivity contribution in [2.45, 2.75) is 0 Å². The molecular formula is C12H9BrClN3O2. The lowest BCUT2D eigenvalue weighted by molar-refractivity contribution is -0.384. The Morgan fingerprint density at radius 1 is 1.26 bits per heavy atom. The molecule has 0 radical (unpaired) electrons. The molecule has 0 spiro atoms. The number of benzene rings is 2. The standard InChI is InChI=1S/C12H9BrClN3O2/c13-7-1-2-11(14)12(3-7)16-9-4-8(15)5-10(6-9)17(18)19/h1-6,16H,15H2. The van der Waals surface area contributed by atoms with Crippen molar-refractivity contribution in [3.63, 3.8) is 0 Å². The van der Waals surface area contributed by atoms with Crippen molar-refractivity contribution in [3.8, 4) is 0 Å². The van der Waals surface area contributed by atoms with Crippen LogP contribution in [0.15, 0.2) is 40.9 Å². The Bertz CT molecular complexity index is 649. The number of rotatable bonds is 3. The maximum atomic E-state index is 10.8. The van der Waals surface area contributed by atoms with E-state index in [1.54, 1.807) is 24.3 Å². The molecule has 0 aromatic heterocycles. The first kappa shape index (κ1) is 13.6. The summed E-state index contributed by atoms with van der Waals surface area (Å²) in [5.74, 6) is 0. The summed E-state index contributed by atoms with van der Waals surface area (Å²) < 4.78 is 0.845. The molecule has 3 N–H and O–H groups in total. The van der Waals surface area contributed by atoms with E-state index in [0.717, 1.165) is 4.47 Å². The summed E-state index contributed by atoms with van der Waals surface area (Å²) in [4.78, 5) is 10.3. The summed E-state index contributed by atoms with van der Waals surface area (Å²) in [6.07, 6.45) is 0. The number of anilines is 3. The van der Waals surface area contributed by atoms with E-state index in [2.05, 4.69) is 21.2 Å². The van der Waals surface area contributed by atoms with Crippen LogP contribution >= 0.6 is 27.5 Å². The zero-order valence-corrected chi connectivity index (χ0v) is 11.9. The predicted octanol–water partition coefficient (Wildman–Crippen LogP) is 4.34. The summed E-state index contributed by atoms with van der Waals surface area (Å²) >= 11 is 9.37. The van der Waals surface area contributed by atoms with Crippen LogP contribution in [-0.2, 0) is 0 Å². The molecule has 0 bridgehead atoms. The normalized spacial score (nSPS) is 10.2. The average Bonchev–Trinajstić information content (AvgIpc) is 2.33. The highest BCUT2D eigenvalue weighted by atomic mass is 79.9. The van der Waals surface area contributed by atoms with Crippen molar-refractivity contribution in [2.24, 2.45) is 0 Å². The van der Waals surface area contributed by atoms with Crippen LogP contribution in [0.1, 0.15) is 0 Å². The first-order valence-electron chi connectivity index (χ1n) is 5.23. The van der Waals surface area contributed by atoms with E-state index < -0.39 is 4.92 Å². The fraction of sp³-hybridized carbons (Fsp3) is 0. The number of nitro benzene ring substituents is 1. The van der Waals surface area contributed by atoms with Crippen molar-refractivity contribution < 1.29 is 4.92 Å². The molecule has 0 saturated heterocycles. The Hall–Kier alpha value is -1.79. The van der Waals surface area contributed by atoms with E-state index in [4.69, 9.17) is 17.3 Å². The molecule has 2 rings (SSSR count). The number of nitrogens with two attached hydrogens (primary N) is 1. The molecule has 2 aromatic rings. The summed E-state index contributed by atoms with van der Waals surface area (Å²) in [5.41, 5.74) is 7.01. The quantitative estimate of drug-likeness (QED) is 0.494. The van der Waals surface area contributed by atoms with Crippen LogP contribution < -0.4 is 11.1 Å². The lowest BCUT2D eigenvalue weighted by atomic mass is 10.2. The van der Waals surface area contributed by atoms with Crippen LogP contribution in [0, 0.1) is 10.1 Å². The SMILES string of the molecule is Nc1cc(Nc2cc(Br)ccc2Cl)cc([N+](=O)[O-])c1. The van der Waals surface area contributed by atoms with Gasteiger partial charge in [-0.1, -0.05) is 27.5 Å². The van der Waals surface area contributed by atoms with Gasteiger partial charge in [0, 0.05) is 28.0 Å². The van der Waals surface area contributed by atoms with E-state index >= 15 is 0 Å². The molecule has 7 heteroatoms. The van der Waals surface area contributed by atoms with Crippen LogP contribution in [0.3, 0.4) is 0 Å². The molecule has 0 saturated carbocycles. The minimum Gasteiger partial charge on any atom is -0.398 e. The van der Waals surface area contributed by atoms with E-state index in [1.165, 1.54) is 12.1 Å². The van der Waals surface area contributed by atoms with Gasteiger partial charge < -0.3 is 11.1 Å². The third-order valence-electron chi connectivity index (χ3n) is 2.36. The first-order chi connectivity index (χ1) is 8.95. The second-order valence-electron chi connectivity index (χ2n) is 3.82. The van der Waals surface area contributed by atoms with Gasteiger partial charge in [-0.05, 0) is 24.3 Å². The molecule has 0 unspecified atom stereocenters. The summed E-state index contributed by atoms with van der Waals surface area (Å²) in [6, 6.07) is 9.59. The van der Waals surface area contributed by atoms with Gasteiger partial charge in [-0.2, -0.15) is 0 Å². The van der Waals surface area contributed by atoms with Gasteiger partial charge in [0.05, 0.1) is 15.6 Å². The van der Waals surface area contributed by atoms with E-state index in [-0.39, 0.29) is 5.69 Å². The maximum Gasteiger partial charge on any atom is 0.273 e. The third kappa shape index (κ3) is 3.36. The lowest BCUT2D eigenvalue weighted by Gasteiger charge is -2.09. The number of hydrogen-bond acceptors (Lipinski definition) is 4. The second kappa shape index (κ2) is 5.46. The third-order valence-corrected chi connectivity index (χ3v) is 3.18. The summed E-state index contributed by atoms with van der Waals surface area (Å²) in [7, 11) is 0. The molecule has 0 aliphatic carbocycles. The first-order valence-corrected chi connectivity index (χ1v) is 6.40. The number of nitrogens with zero attached hydrogens (tertiary/aromatic N) is 1. The monoisotopic (exact) mass is 341 g/mol. The molecule has 0 atom stereocenters. The van der Waals surface area contributed by atoms with Crippen molar-refractivity contribution >= 4 is 50.3 Å². The van der Waals surface area contributed by atoms with Crippen molar-refractivity contribution in [2.75, 3.05) is 11.1 Å². The minimum absolute atomic E-state index is 0.0754. The number of non-ortho nitro benzene ring substituents is 1. The molecule has 5 nitrogen and oxygen atoms in total. The highest BCUT2D eigenvalue weighted by molar-refractivity contribution is 9.10. The zero-order chi connectivity index (χ0) is 14.0. The van der Waals surface area contributed by atoms with Gasteiger partial charge in [0.15, 0.2) is 0 Å². The number of nitro groups is 1. The molecule has 0 amide bonds. The van der Waals surface area contributed by atoms with E-state index in [9.17, 15) is 10.1 Å². The molecule has 2 aromatic carbocycles. The van der Waals surface area contributed by atoms with Crippen molar-refractivity contribution in [1.82, 2.24) is 0 Å². The Labute approximate surface area is 122 Å². The Balaban J connectivity index is 2.38. The zero-order valence-electron chi connectivity index (χ0n) is 9.56. The van der Waals surface area contributed by atoms with E-state index in [0.29, 0.717) is 22.1 Å². The number of nitrogens with one attached hydrogen (secondary N) is 1. The highest BCUT2D eigenvalue weighted by Gasteiger charge is 2.09. The second-order valence-corrected chi connectivity index (χ2v) is 5.14. The Kier molecular flexibility index (Phi) is 3.92. The summed E-state index contributed by atoms with van der Waals surface area (Å²) in [6.45, 7) is 0. The topological polar surface area (TPSA) is 81.2 Å². The number of hydrogen-bond donors (Lipinski definition) is 2. The van der Waals surface area contributed by atoms with Crippen molar-refractivity contribution in [3.05, 3.63) is 56.0 Å².